The van der Waals surface area contributed by atoms with Gasteiger partial charge < -0.3 is 10.2 Å². The minimum atomic E-state index is -0.870. The number of carboxylic acids is 2. The van der Waals surface area contributed by atoms with E-state index in [1.807, 2.05) is 0 Å². The van der Waals surface area contributed by atoms with Crippen molar-refractivity contribution in [3.05, 3.63) is 0 Å². The normalized spacial score (nSPS) is 8.36. The Kier molecular flexibility index (Phi) is 10.3. The number of rotatable bonds is 5. The predicted molar refractivity (Wildman–Crippen MR) is 33.7 cm³/mol. The molecule has 2 N–H and O–H groups in total. The zero-order chi connectivity index (χ0) is 7.98. The summed E-state index contributed by atoms with van der Waals surface area (Å²) in [6, 6.07) is 0. The fourth-order valence-corrected chi connectivity index (χ4v) is 0.552. The molecule has 0 spiro atoms. The number of unbranched alkanes of at least 4 members (excludes halogenated alkanes) is 1. The predicted octanol–water partition coefficient (Wildman–Crippen LogP) is 0.716. The third kappa shape index (κ3) is 13.2. The van der Waals surface area contributed by atoms with Crippen LogP contribution in [0.25, 0.3) is 0 Å². The van der Waals surface area contributed by atoms with Gasteiger partial charge in [-0.15, -0.1) is 0 Å². The number of hydrogen-bond donors (Lipinski definition) is 2. The molecule has 0 unspecified atom stereocenters. The fourth-order valence-electron chi connectivity index (χ4n) is 0.552. The van der Waals surface area contributed by atoms with E-state index in [0.717, 1.165) is 0 Å². The van der Waals surface area contributed by atoms with Crippen LogP contribution in [0.4, 0.5) is 0 Å². The van der Waals surface area contributed by atoms with Gasteiger partial charge in [0.1, 0.15) is 0 Å². The maximum Gasteiger partial charge on any atom is 0.303 e. The first kappa shape index (κ1) is 13.7. The summed E-state index contributed by atoms with van der Waals surface area (Å²) < 4.78 is 0. The monoisotopic (exact) mass is 285 g/mol. The van der Waals surface area contributed by atoms with Crippen LogP contribution in [0.3, 0.4) is 0 Å². The number of carboxylic acid groups (broad SMARTS) is 2. The summed E-state index contributed by atoms with van der Waals surface area (Å²) in [5.74, 6) is -1.74. The van der Waals surface area contributed by atoms with Gasteiger partial charge in [-0.05, 0) is 12.8 Å². The molecule has 4 nitrogen and oxygen atoms in total. The maximum absolute atomic E-state index is 9.90. The van der Waals surface area contributed by atoms with E-state index in [1.54, 1.807) is 0 Å². The Morgan fingerprint density at radius 1 is 0.909 bits per heavy atom. The Labute approximate surface area is 92.6 Å². The quantitative estimate of drug-likeness (QED) is 0.730. The Morgan fingerprint density at radius 2 is 1.18 bits per heavy atom. The molecule has 5 heteroatoms. The first-order valence-electron chi connectivity index (χ1n) is 3.06. The maximum atomic E-state index is 9.90. The van der Waals surface area contributed by atoms with Gasteiger partial charge in [-0.1, -0.05) is 0 Å². The first-order valence-corrected chi connectivity index (χ1v) is 3.06. The van der Waals surface area contributed by atoms with Crippen LogP contribution in [0.1, 0.15) is 25.7 Å². The molecule has 0 aliphatic rings. The van der Waals surface area contributed by atoms with E-state index in [1.165, 1.54) is 0 Å². The molecule has 0 aromatic carbocycles. The van der Waals surface area contributed by atoms with Crippen LogP contribution in [0.15, 0.2) is 0 Å². The van der Waals surface area contributed by atoms with Gasteiger partial charge >= 0.3 is 11.9 Å². The molecule has 0 aromatic heterocycles. The van der Waals surface area contributed by atoms with E-state index in [2.05, 4.69) is 0 Å². The smallest absolute Gasteiger partial charge is 0.303 e. The molecule has 1 radical (unpaired) electrons. The van der Waals surface area contributed by atoms with Gasteiger partial charge in [-0.25, -0.2) is 0 Å². The molecule has 0 aliphatic carbocycles. The van der Waals surface area contributed by atoms with Gasteiger partial charge in [0.2, 0.25) is 0 Å². The SMILES string of the molecule is O=C(O)CCCCC(=O)O.[La]. The van der Waals surface area contributed by atoms with Crippen molar-refractivity contribution in [2.75, 3.05) is 0 Å². The van der Waals surface area contributed by atoms with Crippen molar-refractivity contribution in [3.8, 4) is 0 Å². The summed E-state index contributed by atoms with van der Waals surface area (Å²) in [5, 5.41) is 16.3. The molecule has 61 valence electrons. The first-order chi connectivity index (χ1) is 4.63. The summed E-state index contributed by atoms with van der Waals surface area (Å²) in [4.78, 5) is 19.8. The summed E-state index contributed by atoms with van der Waals surface area (Å²) >= 11 is 0. The van der Waals surface area contributed by atoms with Crippen LogP contribution < -0.4 is 0 Å². The van der Waals surface area contributed by atoms with Crippen molar-refractivity contribution in [2.45, 2.75) is 25.7 Å². The molecule has 0 atom stereocenters. The molecule has 0 aliphatic heterocycles. The molecule has 0 amide bonds. The second-order valence-corrected chi connectivity index (χ2v) is 1.99. The third-order valence-electron chi connectivity index (χ3n) is 1.03. The van der Waals surface area contributed by atoms with Gasteiger partial charge in [0, 0.05) is 48.4 Å². The Hall–Kier alpha value is 0.135. The van der Waals surface area contributed by atoms with Crippen LogP contribution >= 0.6 is 0 Å². The molecule has 0 rings (SSSR count). The van der Waals surface area contributed by atoms with E-state index in [0.29, 0.717) is 12.8 Å². The van der Waals surface area contributed by atoms with Crippen molar-refractivity contribution in [1.82, 2.24) is 0 Å². The van der Waals surface area contributed by atoms with Crippen LogP contribution in [-0.2, 0) is 9.59 Å². The van der Waals surface area contributed by atoms with Gasteiger partial charge in [-0.3, -0.25) is 9.59 Å². The van der Waals surface area contributed by atoms with Crippen molar-refractivity contribution in [3.63, 3.8) is 0 Å². The van der Waals surface area contributed by atoms with E-state index in [9.17, 15) is 9.59 Å². The van der Waals surface area contributed by atoms with Gasteiger partial charge in [0.15, 0.2) is 0 Å². The van der Waals surface area contributed by atoms with Crippen LogP contribution in [0.5, 0.6) is 0 Å². The largest absolute Gasteiger partial charge is 0.481 e. The van der Waals surface area contributed by atoms with Crippen LogP contribution in [0, 0.1) is 35.6 Å². The van der Waals surface area contributed by atoms with E-state index in [4.69, 9.17) is 10.2 Å². The molecular formula is C6H10LaO4. The minimum absolute atomic E-state index is 0. The number of carbonyl (C=O) groups is 2. The zero-order valence-corrected chi connectivity index (χ0v) is 9.74. The van der Waals surface area contributed by atoms with Crippen molar-refractivity contribution < 1.29 is 55.4 Å². The van der Waals surface area contributed by atoms with Crippen molar-refractivity contribution in [2.24, 2.45) is 0 Å². The molecule has 0 fully saturated rings. The Bertz CT molecular complexity index is 119. The van der Waals surface area contributed by atoms with Gasteiger partial charge in [0.25, 0.3) is 0 Å². The van der Waals surface area contributed by atoms with Crippen molar-refractivity contribution in [1.29, 1.82) is 0 Å². The zero-order valence-electron chi connectivity index (χ0n) is 6.12. The standard InChI is InChI=1S/C6H10O4.La/c7-5(8)3-1-2-4-6(9)10;/h1-4H2,(H,7,8)(H,9,10);. The summed E-state index contributed by atoms with van der Waals surface area (Å²) in [6.45, 7) is 0. The van der Waals surface area contributed by atoms with E-state index >= 15 is 0 Å². The summed E-state index contributed by atoms with van der Waals surface area (Å²) in [6.07, 6.45) is 1.02. The molecule has 0 aromatic rings. The summed E-state index contributed by atoms with van der Waals surface area (Å²) in [7, 11) is 0. The second-order valence-electron chi connectivity index (χ2n) is 1.99. The number of hydrogen-bond acceptors (Lipinski definition) is 2. The van der Waals surface area contributed by atoms with Gasteiger partial charge in [-0.2, -0.15) is 0 Å². The van der Waals surface area contributed by atoms with E-state index in [-0.39, 0.29) is 48.4 Å². The number of aliphatic carboxylic acids is 2. The summed E-state index contributed by atoms with van der Waals surface area (Å²) in [5.41, 5.74) is 0. The molecule has 0 saturated carbocycles. The topological polar surface area (TPSA) is 74.6 Å². The van der Waals surface area contributed by atoms with Crippen LogP contribution in [-0.4, -0.2) is 22.2 Å². The Balaban J connectivity index is 0. The van der Waals surface area contributed by atoms with Crippen LogP contribution in [0.2, 0.25) is 0 Å². The second kappa shape index (κ2) is 8.23. The molecule has 0 bridgehead atoms. The van der Waals surface area contributed by atoms with E-state index < -0.39 is 11.9 Å². The molecular weight excluding hydrogens is 275 g/mol. The minimum Gasteiger partial charge on any atom is -0.481 e. The molecule has 0 saturated heterocycles. The third-order valence-corrected chi connectivity index (χ3v) is 1.03. The fraction of sp³-hybridized carbons (Fsp3) is 0.667. The Morgan fingerprint density at radius 3 is 1.36 bits per heavy atom. The average molecular weight is 285 g/mol. The average Bonchev–Trinajstić information content (AvgIpc) is 1.79. The molecule has 11 heavy (non-hydrogen) atoms. The van der Waals surface area contributed by atoms with Gasteiger partial charge in [0.05, 0.1) is 0 Å². The molecule has 0 heterocycles. The van der Waals surface area contributed by atoms with Crippen molar-refractivity contribution >= 4 is 11.9 Å².